The van der Waals surface area contributed by atoms with Crippen LogP contribution in [0.5, 0.6) is 0 Å². The van der Waals surface area contributed by atoms with Gasteiger partial charge in [-0.3, -0.25) is 0 Å². The highest BCUT2D eigenvalue weighted by molar-refractivity contribution is 5.68. The third-order valence-electron chi connectivity index (χ3n) is 3.29. The highest BCUT2D eigenvalue weighted by Crippen LogP contribution is 2.18. The zero-order valence-corrected chi connectivity index (χ0v) is 10.6. The maximum absolute atomic E-state index is 11.9. The first-order valence-electron chi connectivity index (χ1n) is 6.32. The van der Waals surface area contributed by atoms with Gasteiger partial charge < -0.3 is 14.7 Å². The Kier molecular flexibility index (Phi) is 4.20. The zero-order valence-electron chi connectivity index (χ0n) is 10.6. The van der Waals surface area contributed by atoms with Crippen LogP contribution in [0.4, 0.5) is 4.79 Å². The molecule has 2 atom stereocenters. The number of ether oxygens (including phenoxy) is 1. The minimum atomic E-state index is -0.293. The van der Waals surface area contributed by atoms with Gasteiger partial charge in [0.05, 0.1) is 6.10 Å². The van der Waals surface area contributed by atoms with E-state index in [-0.39, 0.29) is 18.2 Å². The van der Waals surface area contributed by atoms with Crippen LogP contribution < -0.4 is 0 Å². The fourth-order valence-electron chi connectivity index (χ4n) is 2.22. The van der Waals surface area contributed by atoms with Crippen molar-refractivity contribution in [3.05, 3.63) is 35.9 Å². The number of hydrogen-bond donors (Lipinski definition) is 1. The molecular weight excluding hydrogens is 230 g/mol. The van der Waals surface area contributed by atoms with Crippen LogP contribution in [0, 0.1) is 0 Å². The van der Waals surface area contributed by atoms with Crippen molar-refractivity contribution in [2.24, 2.45) is 0 Å². The first-order valence-corrected chi connectivity index (χ1v) is 6.32. The number of likely N-dealkylation sites (tertiary alicyclic amines) is 1. The van der Waals surface area contributed by atoms with Gasteiger partial charge in [0.2, 0.25) is 0 Å². The number of hydrogen-bond acceptors (Lipinski definition) is 3. The summed E-state index contributed by atoms with van der Waals surface area (Å²) in [6.07, 6.45) is 0.669. The number of piperidine rings is 1. The van der Waals surface area contributed by atoms with Crippen LogP contribution in [-0.2, 0) is 11.3 Å². The van der Waals surface area contributed by atoms with E-state index < -0.39 is 0 Å². The maximum atomic E-state index is 11.9. The maximum Gasteiger partial charge on any atom is 0.410 e. The first kappa shape index (κ1) is 12.9. The number of aliphatic hydroxyl groups is 1. The lowest BCUT2D eigenvalue weighted by atomic mass is 10.0. The van der Waals surface area contributed by atoms with Gasteiger partial charge in [0, 0.05) is 12.6 Å². The summed E-state index contributed by atoms with van der Waals surface area (Å²) in [5.41, 5.74) is 0.982. The largest absolute Gasteiger partial charge is 0.445 e. The predicted molar refractivity (Wildman–Crippen MR) is 68.0 cm³/mol. The Bertz CT molecular complexity index is 393. The third-order valence-corrected chi connectivity index (χ3v) is 3.29. The Balaban J connectivity index is 1.85. The standard InChI is InChI=1S/C14H19NO3/c1-11-9-13(16)7-8-15(11)14(17)18-10-12-5-3-2-4-6-12/h2-6,11,13,16H,7-10H2,1H3/t11-,13-/m0/s1. The number of carbonyl (C=O) groups excluding carboxylic acids is 1. The summed E-state index contributed by atoms with van der Waals surface area (Å²) >= 11 is 0. The molecule has 1 heterocycles. The Morgan fingerprint density at radius 1 is 1.44 bits per heavy atom. The lowest BCUT2D eigenvalue weighted by Crippen LogP contribution is -2.46. The molecule has 4 nitrogen and oxygen atoms in total. The number of benzene rings is 1. The third kappa shape index (κ3) is 3.23. The van der Waals surface area contributed by atoms with E-state index in [9.17, 15) is 9.90 Å². The average Bonchev–Trinajstić information content (AvgIpc) is 2.37. The summed E-state index contributed by atoms with van der Waals surface area (Å²) in [6, 6.07) is 9.66. The van der Waals surface area contributed by atoms with E-state index in [0.717, 1.165) is 5.56 Å². The van der Waals surface area contributed by atoms with Crippen molar-refractivity contribution in [1.29, 1.82) is 0 Å². The molecule has 1 fully saturated rings. The fourth-order valence-corrected chi connectivity index (χ4v) is 2.22. The van der Waals surface area contributed by atoms with Crippen LogP contribution in [-0.4, -0.2) is 34.8 Å². The van der Waals surface area contributed by atoms with Crippen molar-refractivity contribution in [3.63, 3.8) is 0 Å². The monoisotopic (exact) mass is 249 g/mol. The van der Waals surface area contributed by atoms with Gasteiger partial charge in [-0.1, -0.05) is 30.3 Å². The van der Waals surface area contributed by atoms with E-state index >= 15 is 0 Å². The van der Waals surface area contributed by atoms with E-state index in [4.69, 9.17) is 4.74 Å². The number of carbonyl (C=O) groups is 1. The second kappa shape index (κ2) is 5.87. The van der Waals surface area contributed by atoms with Crippen molar-refractivity contribution < 1.29 is 14.6 Å². The summed E-state index contributed by atoms with van der Waals surface area (Å²) in [5.74, 6) is 0. The molecule has 4 heteroatoms. The molecular formula is C14H19NO3. The van der Waals surface area contributed by atoms with E-state index in [1.54, 1.807) is 4.90 Å². The van der Waals surface area contributed by atoms with E-state index in [1.807, 2.05) is 37.3 Å². The van der Waals surface area contributed by atoms with Crippen molar-refractivity contribution in [3.8, 4) is 0 Å². The summed E-state index contributed by atoms with van der Waals surface area (Å²) in [5, 5.41) is 9.51. The minimum Gasteiger partial charge on any atom is -0.445 e. The van der Waals surface area contributed by atoms with Crippen molar-refractivity contribution in [2.75, 3.05) is 6.54 Å². The Labute approximate surface area is 107 Å². The fraction of sp³-hybridized carbons (Fsp3) is 0.500. The number of amides is 1. The number of nitrogens with zero attached hydrogens (tertiary/aromatic N) is 1. The van der Waals surface area contributed by atoms with Gasteiger partial charge in [-0.2, -0.15) is 0 Å². The number of aliphatic hydroxyl groups excluding tert-OH is 1. The van der Waals surface area contributed by atoms with Crippen LogP contribution >= 0.6 is 0 Å². The lowest BCUT2D eigenvalue weighted by Gasteiger charge is -2.34. The smallest absolute Gasteiger partial charge is 0.410 e. The quantitative estimate of drug-likeness (QED) is 0.874. The molecule has 0 unspecified atom stereocenters. The molecule has 98 valence electrons. The van der Waals surface area contributed by atoms with Gasteiger partial charge in [0.25, 0.3) is 0 Å². The molecule has 0 bridgehead atoms. The molecule has 1 aliphatic rings. The molecule has 1 saturated heterocycles. The van der Waals surface area contributed by atoms with Crippen LogP contribution in [0.2, 0.25) is 0 Å². The van der Waals surface area contributed by atoms with Gasteiger partial charge >= 0.3 is 6.09 Å². The van der Waals surface area contributed by atoms with Crippen molar-refractivity contribution in [2.45, 2.75) is 38.5 Å². The van der Waals surface area contributed by atoms with Crippen LogP contribution in [0.3, 0.4) is 0 Å². The van der Waals surface area contributed by atoms with Crippen molar-refractivity contribution >= 4 is 6.09 Å². The minimum absolute atomic E-state index is 0.0389. The molecule has 1 amide bonds. The molecule has 0 saturated carbocycles. The topological polar surface area (TPSA) is 49.8 Å². The van der Waals surface area contributed by atoms with E-state index in [2.05, 4.69) is 0 Å². The summed E-state index contributed by atoms with van der Waals surface area (Å²) in [4.78, 5) is 13.6. The first-order chi connectivity index (χ1) is 8.66. The van der Waals surface area contributed by atoms with Crippen LogP contribution in [0.1, 0.15) is 25.3 Å². The van der Waals surface area contributed by atoms with Crippen LogP contribution in [0.15, 0.2) is 30.3 Å². The average molecular weight is 249 g/mol. The number of rotatable bonds is 2. The van der Waals surface area contributed by atoms with Gasteiger partial charge in [-0.05, 0) is 25.3 Å². The Hall–Kier alpha value is -1.55. The lowest BCUT2D eigenvalue weighted by molar-refractivity contribution is 0.0316. The second-order valence-corrected chi connectivity index (χ2v) is 4.76. The molecule has 18 heavy (non-hydrogen) atoms. The molecule has 0 spiro atoms. The van der Waals surface area contributed by atoms with Gasteiger partial charge in [-0.15, -0.1) is 0 Å². The predicted octanol–water partition coefficient (Wildman–Crippen LogP) is 2.17. The molecule has 0 aromatic heterocycles. The Morgan fingerprint density at radius 3 is 2.83 bits per heavy atom. The van der Waals surface area contributed by atoms with Gasteiger partial charge in [-0.25, -0.2) is 4.79 Å². The summed E-state index contributed by atoms with van der Waals surface area (Å²) in [6.45, 7) is 2.80. The molecule has 1 aromatic carbocycles. The highest BCUT2D eigenvalue weighted by atomic mass is 16.6. The highest BCUT2D eigenvalue weighted by Gasteiger charge is 2.28. The molecule has 2 rings (SSSR count). The van der Waals surface area contributed by atoms with E-state index in [0.29, 0.717) is 26.0 Å². The van der Waals surface area contributed by atoms with Gasteiger partial charge in [0.1, 0.15) is 6.61 Å². The molecule has 1 aromatic rings. The zero-order chi connectivity index (χ0) is 13.0. The van der Waals surface area contributed by atoms with Crippen molar-refractivity contribution in [1.82, 2.24) is 4.90 Å². The summed E-state index contributed by atoms with van der Waals surface area (Å²) in [7, 11) is 0. The molecule has 0 radical (unpaired) electrons. The normalized spacial score (nSPS) is 23.8. The molecule has 0 aliphatic carbocycles. The molecule has 1 aliphatic heterocycles. The van der Waals surface area contributed by atoms with Gasteiger partial charge in [0.15, 0.2) is 0 Å². The van der Waals surface area contributed by atoms with E-state index in [1.165, 1.54) is 0 Å². The van der Waals surface area contributed by atoms with Crippen LogP contribution in [0.25, 0.3) is 0 Å². The SMILES string of the molecule is C[C@H]1C[C@@H](O)CCN1C(=O)OCc1ccccc1. The summed E-state index contributed by atoms with van der Waals surface area (Å²) < 4.78 is 5.28. The Morgan fingerprint density at radius 2 is 2.17 bits per heavy atom. The molecule has 1 N–H and O–H groups in total. The second-order valence-electron chi connectivity index (χ2n) is 4.76.